The number of likely N-dealkylation sites (N-methyl/N-ethyl adjacent to an activating group) is 1. The summed E-state index contributed by atoms with van der Waals surface area (Å²) < 4.78 is 5.49. The zero-order valence-corrected chi connectivity index (χ0v) is 32.1. The number of aromatic nitrogens is 1. The summed E-state index contributed by atoms with van der Waals surface area (Å²) in [7, 11) is 0. The number of hydrogen-bond acceptors (Lipinski definition) is 9. The number of benzene rings is 2. The van der Waals surface area contributed by atoms with E-state index in [1.807, 2.05) is 77.1 Å². The molecule has 0 spiro atoms. The van der Waals surface area contributed by atoms with Crippen LogP contribution in [0.2, 0.25) is 0 Å². The lowest BCUT2D eigenvalue weighted by molar-refractivity contribution is -0.125. The van der Waals surface area contributed by atoms with Gasteiger partial charge in [-0.1, -0.05) is 70.2 Å². The van der Waals surface area contributed by atoms with Gasteiger partial charge in [-0.25, -0.2) is 4.79 Å². The number of aliphatic hydroxyl groups excluding tert-OH is 1. The van der Waals surface area contributed by atoms with Gasteiger partial charge in [0.15, 0.2) is 0 Å². The van der Waals surface area contributed by atoms with Crippen molar-refractivity contribution in [1.82, 2.24) is 31.6 Å². The van der Waals surface area contributed by atoms with Gasteiger partial charge in [-0.05, 0) is 62.2 Å². The molecule has 1 saturated heterocycles. The molecule has 0 bridgehead atoms. The third kappa shape index (κ3) is 11.4. The average molecular weight is 742 g/mol. The Balaban J connectivity index is 1.60. The third-order valence-electron chi connectivity index (χ3n) is 9.52. The lowest BCUT2D eigenvalue weighted by Crippen LogP contribution is -2.57. The Kier molecular flexibility index (Phi) is 14.9. The number of nitrogens with one attached hydrogen (secondary N) is 5. The number of hydrogen-bond donors (Lipinski definition) is 6. The lowest BCUT2D eigenvalue weighted by atomic mass is 9.90. The van der Waals surface area contributed by atoms with E-state index in [2.05, 4.69) is 38.1 Å². The molecule has 4 amide bonds. The van der Waals surface area contributed by atoms with Crippen LogP contribution in [0.5, 0.6) is 0 Å². The van der Waals surface area contributed by atoms with E-state index in [9.17, 15) is 24.3 Å². The van der Waals surface area contributed by atoms with E-state index in [-0.39, 0.29) is 48.7 Å². The summed E-state index contributed by atoms with van der Waals surface area (Å²) in [6, 6.07) is 17.6. The molecule has 0 saturated carbocycles. The highest BCUT2D eigenvalue weighted by Gasteiger charge is 2.36. The molecule has 1 aliphatic heterocycles. The van der Waals surface area contributed by atoms with E-state index in [4.69, 9.17) is 4.74 Å². The molecule has 1 aliphatic rings. The minimum Gasteiger partial charge on any atom is -0.448 e. The Morgan fingerprint density at radius 2 is 1.63 bits per heavy atom. The van der Waals surface area contributed by atoms with Gasteiger partial charge < -0.3 is 31.1 Å². The van der Waals surface area contributed by atoms with Gasteiger partial charge in [-0.15, -0.1) is 6.58 Å². The van der Waals surface area contributed by atoms with Gasteiger partial charge in [0.2, 0.25) is 5.91 Å². The molecule has 4 rings (SSSR count). The third-order valence-corrected chi connectivity index (χ3v) is 9.52. The minimum atomic E-state index is -0.913. The number of cyclic esters (lactones) is 1. The monoisotopic (exact) mass is 741 g/mol. The summed E-state index contributed by atoms with van der Waals surface area (Å²) in [5.41, 5.74) is 1.73. The van der Waals surface area contributed by atoms with Crippen LogP contribution >= 0.6 is 0 Å². The van der Waals surface area contributed by atoms with Crippen LogP contribution in [-0.2, 0) is 16.0 Å². The summed E-state index contributed by atoms with van der Waals surface area (Å²) in [5.74, 6) is -1.26. The maximum absolute atomic E-state index is 14.1. The molecule has 290 valence electrons. The highest BCUT2D eigenvalue weighted by molar-refractivity contribution is 6.03. The molecule has 2 heterocycles. The van der Waals surface area contributed by atoms with Crippen LogP contribution in [0.15, 0.2) is 85.6 Å². The molecule has 6 atom stereocenters. The fourth-order valence-corrected chi connectivity index (χ4v) is 6.09. The van der Waals surface area contributed by atoms with Crippen LogP contribution in [0.4, 0.5) is 10.5 Å². The van der Waals surface area contributed by atoms with E-state index in [0.717, 1.165) is 11.3 Å². The Hall–Kier alpha value is -5.11. The number of ether oxygens (including phenoxy) is 1. The van der Waals surface area contributed by atoms with Crippen molar-refractivity contribution in [1.29, 1.82) is 0 Å². The normalized spacial score (nSPS) is 18.4. The summed E-state index contributed by atoms with van der Waals surface area (Å²) in [6.07, 6.45) is 2.21. The first-order valence-corrected chi connectivity index (χ1v) is 18.5. The van der Waals surface area contributed by atoms with Gasteiger partial charge in [0.25, 0.3) is 11.8 Å². The standard InChI is InChI=1S/C41H55N7O6/c1-8-41(7)24-48(40(53)54-25-41)34-20-30(37(50)45-27(5)29-15-11-10-12-16-29)19-31(21-34)38(51)46-33(22-32-17-13-14-18-43-32)23-44-28(6)36(49)47-35(26(3)4)39(52)42-9-2/h8,10-21,26-28,33,35,39,42,44,52H,1,9,22-25H2,2-7H3,(H,45,50)(H,46,51)(H,47,49)/t27-,28+,33+,35+,39?,41?/m1/s1. The van der Waals surface area contributed by atoms with Crippen LogP contribution < -0.4 is 31.5 Å². The van der Waals surface area contributed by atoms with Gasteiger partial charge in [0, 0.05) is 59.7 Å². The first-order valence-electron chi connectivity index (χ1n) is 18.5. The fraction of sp³-hybridized carbons (Fsp3) is 0.439. The molecule has 13 nitrogen and oxygen atoms in total. The number of rotatable bonds is 18. The Morgan fingerprint density at radius 3 is 2.24 bits per heavy atom. The number of aliphatic hydroxyl groups is 1. The molecular formula is C41H55N7O6. The van der Waals surface area contributed by atoms with Crippen LogP contribution in [0.3, 0.4) is 0 Å². The molecule has 3 aromatic rings. The molecule has 2 unspecified atom stereocenters. The van der Waals surface area contributed by atoms with Crippen molar-refractivity contribution in [3.8, 4) is 0 Å². The largest absolute Gasteiger partial charge is 0.448 e. The van der Waals surface area contributed by atoms with E-state index < -0.39 is 47.7 Å². The topological polar surface area (TPSA) is 174 Å². The Labute approximate surface area is 318 Å². The molecule has 1 fully saturated rings. The molecule has 6 N–H and O–H groups in total. The first kappa shape index (κ1) is 41.6. The quantitative estimate of drug-likeness (QED) is 0.0829. The Bertz CT molecular complexity index is 1740. The van der Waals surface area contributed by atoms with Gasteiger partial charge in [0.05, 0.1) is 18.1 Å². The van der Waals surface area contributed by atoms with Crippen molar-refractivity contribution in [3.05, 3.63) is 108 Å². The van der Waals surface area contributed by atoms with Crippen molar-refractivity contribution in [2.45, 2.75) is 78.4 Å². The van der Waals surface area contributed by atoms with E-state index in [0.29, 0.717) is 18.7 Å². The van der Waals surface area contributed by atoms with Gasteiger partial charge >= 0.3 is 6.09 Å². The van der Waals surface area contributed by atoms with E-state index in [1.54, 1.807) is 37.4 Å². The minimum absolute atomic E-state index is 0.0343. The second kappa shape index (κ2) is 19.3. The van der Waals surface area contributed by atoms with Crippen molar-refractivity contribution >= 4 is 29.5 Å². The van der Waals surface area contributed by atoms with E-state index in [1.165, 1.54) is 11.0 Å². The first-order chi connectivity index (χ1) is 25.7. The van der Waals surface area contributed by atoms with Crippen molar-refractivity contribution in [2.24, 2.45) is 11.3 Å². The molecular weight excluding hydrogens is 686 g/mol. The molecule has 0 aliphatic carbocycles. The summed E-state index contributed by atoms with van der Waals surface area (Å²) in [5, 5.41) is 25.7. The highest BCUT2D eigenvalue weighted by atomic mass is 16.6. The Morgan fingerprint density at radius 1 is 0.963 bits per heavy atom. The molecule has 2 aromatic carbocycles. The smallest absolute Gasteiger partial charge is 0.414 e. The summed E-state index contributed by atoms with van der Waals surface area (Å²) in [6.45, 7) is 16.2. The fourth-order valence-electron chi connectivity index (χ4n) is 6.09. The zero-order valence-electron chi connectivity index (χ0n) is 32.1. The van der Waals surface area contributed by atoms with Crippen molar-refractivity contribution in [3.63, 3.8) is 0 Å². The number of anilines is 1. The molecule has 0 radical (unpaired) electrons. The number of nitrogens with zero attached hydrogens (tertiary/aromatic N) is 2. The van der Waals surface area contributed by atoms with Crippen molar-refractivity contribution < 1.29 is 29.0 Å². The lowest BCUT2D eigenvalue weighted by Gasteiger charge is -2.37. The summed E-state index contributed by atoms with van der Waals surface area (Å²) in [4.78, 5) is 60.0. The van der Waals surface area contributed by atoms with Crippen molar-refractivity contribution in [2.75, 3.05) is 31.1 Å². The zero-order chi connectivity index (χ0) is 39.4. The average Bonchev–Trinajstić information content (AvgIpc) is 3.17. The van der Waals surface area contributed by atoms with Crippen LogP contribution in [0.25, 0.3) is 0 Å². The SMILES string of the molecule is C=CC1(C)COC(=O)N(c2cc(C(=O)N[C@H](CN[C@@H](C)C(=O)N[C@@H](C(C)C)C(O)NCC)Cc3ccccn3)cc(C(=O)N[C@H](C)c3ccccc3)c2)C1. The highest BCUT2D eigenvalue weighted by Crippen LogP contribution is 2.31. The predicted octanol–water partition coefficient (Wildman–Crippen LogP) is 4.11. The van der Waals surface area contributed by atoms with Crippen LogP contribution in [0.1, 0.15) is 79.6 Å². The second-order valence-corrected chi connectivity index (χ2v) is 14.5. The number of carbonyl (C=O) groups is 4. The second-order valence-electron chi connectivity index (χ2n) is 14.5. The van der Waals surface area contributed by atoms with Crippen LogP contribution in [-0.4, -0.2) is 84.5 Å². The van der Waals surface area contributed by atoms with Crippen LogP contribution in [0, 0.1) is 11.3 Å². The number of pyridine rings is 1. The molecule has 1 aromatic heterocycles. The van der Waals surface area contributed by atoms with Gasteiger partial charge in [-0.2, -0.15) is 0 Å². The predicted molar refractivity (Wildman–Crippen MR) is 209 cm³/mol. The number of carbonyl (C=O) groups excluding carboxylic acids is 4. The van der Waals surface area contributed by atoms with Gasteiger partial charge in [0.1, 0.15) is 12.8 Å². The summed E-state index contributed by atoms with van der Waals surface area (Å²) >= 11 is 0. The maximum Gasteiger partial charge on any atom is 0.414 e. The molecule has 13 heteroatoms. The number of amides is 4. The van der Waals surface area contributed by atoms with Gasteiger partial charge in [-0.3, -0.25) is 29.6 Å². The van der Waals surface area contributed by atoms with E-state index >= 15 is 0 Å². The maximum atomic E-state index is 14.1. The molecule has 54 heavy (non-hydrogen) atoms.